The Hall–Kier alpha value is 0.0249. The van der Waals surface area contributed by atoms with Crippen LogP contribution < -0.4 is 0 Å². The Bertz CT molecular complexity index is 86.9. The summed E-state index contributed by atoms with van der Waals surface area (Å²) in [6.07, 6.45) is 5.84. The van der Waals surface area contributed by atoms with Gasteiger partial charge in [0.15, 0.2) is 0 Å². The normalized spacial score (nSPS) is 25.9. The molecular formula is C7H13BO. The van der Waals surface area contributed by atoms with Crippen molar-refractivity contribution in [3.63, 3.8) is 0 Å². The van der Waals surface area contributed by atoms with Gasteiger partial charge in [0.1, 0.15) is 7.85 Å². The molecule has 2 heteroatoms. The third kappa shape index (κ3) is 1.72. The van der Waals surface area contributed by atoms with Crippen LogP contribution in [0.2, 0.25) is 0 Å². The second-order valence-electron chi connectivity index (χ2n) is 2.83. The second kappa shape index (κ2) is 2.74. The predicted octanol–water partition coefficient (Wildman–Crippen LogP) is 1.46. The van der Waals surface area contributed by atoms with Crippen LogP contribution in [0.4, 0.5) is 0 Å². The molecular weight excluding hydrogens is 111 g/mol. The molecule has 50 valence electrons. The summed E-state index contributed by atoms with van der Waals surface area (Å²) in [7, 11) is 7.54. The Labute approximate surface area is 58.2 Å². The molecule has 0 bridgehead atoms. The molecule has 0 atom stereocenters. The molecule has 0 saturated heterocycles. The van der Waals surface area contributed by atoms with Gasteiger partial charge in [-0.15, -0.1) is 0 Å². The summed E-state index contributed by atoms with van der Waals surface area (Å²) in [5, 5.41) is 0. The summed E-state index contributed by atoms with van der Waals surface area (Å²) in [6.45, 7) is 0. The minimum Gasteiger partial charge on any atom is -0.388 e. The van der Waals surface area contributed by atoms with Crippen molar-refractivity contribution in [3.05, 3.63) is 0 Å². The molecule has 2 radical (unpaired) electrons. The van der Waals surface area contributed by atoms with Crippen LogP contribution >= 0.6 is 0 Å². The van der Waals surface area contributed by atoms with E-state index in [0.29, 0.717) is 0 Å². The van der Waals surface area contributed by atoms with Crippen LogP contribution in [0.25, 0.3) is 0 Å². The van der Waals surface area contributed by atoms with E-state index < -0.39 is 0 Å². The fourth-order valence-corrected chi connectivity index (χ4v) is 1.35. The highest BCUT2D eigenvalue weighted by molar-refractivity contribution is 6.14. The Morgan fingerprint density at radius 2 is 1.78 bits per heavy atom. The van der Waals surface area contributed by atoms with E-state index >= 15 is 0 Å². The maximum atomic E-state index is 5.84. The highest BCUT2D eigenvalue weighted by atomic mass is 16.5. The molecule has 9 heavy (non-hydrogen) atoms. The SMILES string of the molecule is [B]C1(OC)CCCCC1. The van der Waals surface area contributed by atoms with Crippen LogP contribution in [0.1, 0.15) is 32.1 Å². The first-order chi connectivity index (χ1) is 4.27. The summed E-state index contributed by atoms with van der Waals surface area (Å²) >= 11 is 0. The van der Waals surface area contributed by atoms with Gasteiger partial charge in [-0.05, 0) is 12.8 Å². The van der Waals surface area contributed by atoms with Crippen molar-refractivity contribution >= 4 is 7.85 Å². The molecule has 0 aliphatic heterocycles. The largest absolute Gasteiger partial charge is 0.388 e. The molecule has 1 fully saturated rings. The van der Waals surface area contributed by atoms with Crippen molar-refractivity contribution in [1.82, 2.24) is 0 Å². The van der Waals surface area contributed by atoms with E-state index in [4.69, 9.17) is 12.6 Å². The molecule has 0 spiro atoms. The van der Waals surface area contributed by atoms with Crippen molar-refractivity contribution in [2.75, 3.05) is 7.11 Å². The molecule has 1 aliphatic carbocycles. The topological polar surface area (TPSA) is 9.23 Å². The van der Waals surface area contributed by atoms with E-state index in [1.165, 1.54) is 19.3 Å². The van der Waals surface area contributed by atoms with Crippen molar-refractivity contribution < 1.29 is 4.74 Å². The number of ether oxygens (including phenoxy) is 1. The molecule has 1 nitrogen and oxygen atoms in total. The van der Waals surface area contributed by atoms with Gasteiger partial charge in [0.05, 0.1) is 0 Å². The third-order valence-electron chi connectivity index (χ3n) is 2.11. The van der Waals surface area contributed by atoms with Gasteiger partial charge in [-0.2, -0.15) is 0 Å². The molecule has 0 aromatic carbocycles. The molecule has 0 aromatic heterocycles. The van der Waals surface area contributed by atoms with Crippen LogP contribution in [-0.2, 0) is 4.74 Å². The van der Waals surface area contributed by atoms with E-state index in [1.807, 2.05) is 0 Å². The lowest BCUT2D eigenvalue weighted by Gasteiger charge is -2.32. The van der Waals surface area contributed by atoms with Crippen molar-refractivity contribution in [1.29, 1.82) is 0 Å². The summed E-state index contributed by atoms with van der Waals surface area (Å²) in [5.41, 5.74) is -0.280. The molecule has 0 unspecified atom stereocenters. The number of methoxy groups -OCH3 is 1. The van der Waals surface area contributed by atoms with Gasteiger partial charge in [0.2, 0.25) is 0 Å². The first-order valence-corrected chi connectivity index (χ1v) is 3.61. The second-order valence-corrected chi connectivity index (χ2v) is 2.83. The molecule has 0 amide bonds. The smallest absolute Gasteiger partial charge is 0.113 e. The maximum Gasteiger partial charge on any atom is 0.113 e. The van der Waals surface area contributed by atoms with Gasteiger partial charge in [-0.25, -0.2) is 0 Å². The van der Waals surface area contributed by atoms with Crippen LogP contribution in [0.15, 0.2) is 0 Å². The van der Waals surface area contributed by atoms with Crippen LogP contribution in [-0.4, -0.2) is 20.5 Å². The van der Waals surface area contributed by atoms with Gasteiger partial charge >= 0.3 is 0 Å². The van der Waals surface area contributed by atoms with Gasteiger partial charge in [0.25, 0.3) is 0 Å². The van der Waals surface area contributed by atoms with E-state index in [1.54, 1.807) is 7.11 Å². The van der Waals surface area contributed by atoms with Crippen molar-refractivity contribution in [3.8, 4) is 0 Å². The summed E-state index contributed by atoms with van der Waals surface area (Å²) < 4.78 is 5.16. The van der Waals surface area contributed by atoms with Crippen molar-refractivity contribution in [2.24, 2.45) is 0 Å². The Morgan fingerprint density at radius 1 is 1.22 bits per heavy atom. The first-order valence-electron chi connectivity index (χ1n) is 3.61. The zero-order chi connectivity index (χ0) is 6.74. The third-order valence-corrected chi connectivity index (χ3v) is 2.11. The highest BCUT2D eigenvalue weighted by Gasteiger charge is 2.24. The molecule has 1 saturated carbocycles. The Balaban J connectivity index is 2.37. The summed E-state index contributed by atoms with van der Waals surface area (Å²) in [6, 6.07) is 0. The van der Waals surface area contributed by atoms with Gasteiger partial charge in [0, 0.05) is 12.6 Å². The molecule has 0 heterocycles. The zero-order valence-electron chi connectivity index (χ0n) is 6.02. The summed E-state index contributed by atoms with van der Waals surface area (Å²) in [4.78, 5) is 0. The molecule has 0 N–H and O–H groups in total. The average molecular weight is 124 g/mol. The van der Waals surface area contributed by atoms with E-state index in [2.05, 4.69) is 0 Å². The maximum absolute atomic E-state index is 5.84. The first kappa shape index (κ1) is 7.14. The van der Waals surface area contributed by atoms with E-state index in [0.717, 1.165) is 12.8 Å². The van der Waals surface area contributed by atoms with Crippen LogP contribution in [0.5, 0.6) is 0 Å². The highest BCUT2D eigenvalue weighted by Crippen LogP contribution is 2.27. The minimum absolute atomic E-state index is 0.280. The van der Waals surface area contributed by atoms with E-state index in [-0.39, 0.29) is 5.50 Å². The Morgan fingerprint density at radius 3 is 2.11 bits per heavy atom. The number of hydrogen-bond acceptors (Lipinski definition) is 1. The summed E-state index contributed by atoms with van der Waals surface area (Å²) in [5.74, 6) is 0. The number of rotatable bonds is 1. The van der Waals surface area contributed by atoms with E-state index in [9.17, 15) is 0 Å². The lowest BCUT2D eigenvalue weighted by molar-refractivity contribution is 0.0319. The zero-order valence-corrected chi connectivity index (χ0v) is 6.02. The number of hydrogen-bond donors (Lipinski definition) is 0. The van der Waals surface area contributed by atoms with Gasteiger partial charge in [-0.3, -0.25) is 0 Å². The monoisotopic (exact) mass is 124 g/mol. The van der Waals surface area contributed by atoms with Gasteiger partial charge < -0.3 is 4.74 Å². The van der Waals surface area contributed by atoms with Crippen LogP contribution in [0, 0.1) is 0 Å². The van der Waals surface area contributed by atoms with Crippen LogP contribution in [0.3, 0.4) is 0 Å². The lowest BCUT2D eigenvalue weighted by atomic mass is 9.70. The quantitative estimate of drug-likeness (QED) is 0.481. The lowest BCUT2D eigenvalue weighted by Crippen LogP contribution is -2.33. The minimum atomic E-state index is -0.280. The molecule has 1 aliphatic rings. The van der Waals surface area contributed by atoms with Crippen molar-refractivity contribution in [2.45, 2.75) is 37.6 Å². The fraction of sp³-hybridized carbons (Fsp3) is 1.00. The standard InChI is InChI=1S/C7H13BO/c1-9-7(8)5-3-2-4-6-7/h2-6H2,1H3. The van der Waals surface area contributed by atoms with Gasteiger partial charge in [-0.1, -0.05) is 19.3 Å². The Kier molecular flexibility index (Phi) is 2.17. The molecule has 0 aromatic rings. The predicted molar refractivity (Wildman–Crippen MR) is 38.6 cm³/mol. The molecule has 1 rings (SSSR count). The fourth-order valence-electron chi connectivity index (χ4n) is 1.35. The average Bonchev–Trinajstić information content (AvgIpc) is 1.90.